The predicted molar refractivity (Wildman–Crippen MR) is 80.6 cm³/mol. The van der Waals surface area contributed by atoms with E-state index in [0.29, 0.717) is 0 Å². The summed E-state index contributed by atoms with van der Waals surface area (Å²) in [6.07, 6.45) is 7.77. The Balaban J connectivity index is 1.69. The monoisotopic (exact) mass is 324 g/mol. The largest absolute Gasteiger partial charge is 0.340 e. The molecule has 0 aliphatic carbocycles. The van der Waals surface area contributed by atoms with Crippen LogP contribution in [0.2, 0.25) is 0 Å². The van der Waals surface area contributed by atoms with Gasteiger partial charge in [-0.25, -0.2) is 9.97 Å². The SMILES string of the molecule is CN1CCCC2CN(c3ncc(CBr)cn3)CCC21. The molecular weight excluding hydrogens is 304 g/mol. The molecule has 3 rings (SSSR count). The fourth-order valence-electron chi connectivity index (χ4n) is 3.41. The summed E-state index contributed by atoms with van der Waals surface area (Å²) in [4.78, 5) is 13.9. The van der Waals surface area contributed by atoms with Crippen LogP contribution in [0.1, 0.15) is 24.8 Å². The minimum atomic E-state index is 0.770. The average molecular weight is 325 g/mol. The number of aromatic nitrogens is 2. The van der Waals surface area contributed by atoms with Gasteiger partial charge in [0.1, 0.15) is 0 Å². The lowest BCUT2D eigenvalue weighted by atomic mass is 9.84. The van der Waals surface area contributed by atoms with E-state index in [4.69, 9.17) is 0 Å². The van der Waals surface area contributed by atoms with Crippen LogP contribution >= 0.6 is 15.9 Å². The molecule has 0 amide bonds. The highest BCUT2D eigenvalue weighted by Crippen LogP contribution is 2.30. The molecule has 1 aromatic heterocycles. The number of hydrogen-bond donors (Lipinski definition) is 0. The van der Waals surface area contributed by atoms with E-state index in [1.54, 1.807) is 0 Å². The molecular formula is C14H21BrN4. The van der Waals surface area contributed by atoms with E-state index in [0.717, 1.165) is 41.9 Å². The fourth-order valence-corrected chi connectivity index (χ4v) is 3.70. The van der Waals surface area contributed by atoms with Gasteiger partial charge in [0.05, 0.1) is 0 Å². The van der Waals surface area contributed by atoms with E-state index in [1.165, 1.54) is 25.8 Å². The van der Waals surface area contributed by atoms with Crippen LogP contribution in [0.5, 0.6) is 0 Å². The first-order chi connectivity index (χ1) is 9.28. The van der Waals surface area contributed by atoms with Crippen LogP contribution in [0.25, 0.3) is 0 Å². The highest BCUT2D eigenvalue weighted by Gasteiger charge is 2.34. The van der Waals surface area contributed by atoms with Gasteiger partial charge >= 0.3 is 0 Å². The molecule has 0 bridgehead atoms. The second-order valence-corrected chi connectivity index (χ2v) is 6.27. The minimum Gasteiger partial charge on any atom is -0.340 e. The average Bonchev–Trinajstić information content (AvgIpc) is 2.47. The molecule has 0 radical (unpaired) electrons. The van der Waals surface area contributed by atoms with Crippen LogP contribution in [0.15, 0.2) is 12.4 Å². The Kier molecular flexibility index (Phi) is 4.03. The summed E-state index contributed by atoms with van der Waals surface area (Å²) in [6, 6.07) is 0.770. The summed E-state index contributed by atoms with van der Waals surface area (Å²) in [5.74, 6) is 1.68. The van der Waals surface area contributed by atoms with Crippen LogP contribution in [-0.4, -0.2) is 47.6 Å². The van der Waals surface area contributed by atoms with Crippen LogP contribution in [-0.2, 0) is 5.33 Å². The molecule has 19 heavy (non-hydrogen) atoms. The van der Waals surface area contributed by atoms with Crippen molar-refractivity contribution in [3.8, 4) is 0 Å². The molecule has 0 N–H and O–H groups in total. The van der Waals surface area contributed by atoms with E-state index < -0.39 is 0 Å². The van der Waals surface area contributed by atoms with Gasteiger partial charge in [-0.1, -0.05) is 15.9 Å². The Morgan fingerprint density at radius 3 is 2.79 bits per heavy atom. The quantitative estimate of drug-likeness (QED) is 0.781. The second-order valence-electron chi connectivity index (χ2n) is 5.71. The summed E-state index contributed by atoms with van der Waals surface area (Å²) in [5.41, 5.74) is 1.14. The molecule has 0 aromatic carbocycles. The molecule has 4 nitrogen and oxygen atoms in total. The van der Waals surface area contributed by atoms with Crippen molar-refractivity contribution >= 4 is 21.9 Å². The number of halogens is 1. The zero-order valence-electron chi connectivity index (χ0n) is 11.4. The first-order valence-electron chi connectivity index (χ1n) is 7.10. The lowest BCUT2D eigenvalue weighted by Gasteiger charge is -2.45. The Labute approximate surface area is 123 Å². The standard InChI is InChI=1S/C14H21BrN4/c1-18-5-2-3-12-10-19(6-4-13(12)18)14-16-8-11(7-15)9-17-14/h8-9,12-13H,2-7,10H2,1H3. The van der Waals surface area contributed by atoms with Gasteiger partial charge in [-0.15, -0.1) is 0 Å². The molecule has 2 saturated heterocycles. The van der Waals surface area contributed by atoms with Gasteiger partial charge in [-0.05, 0) is 44.3 Å². The minimum absolute atomic E-state index is 0.770. The maximum Gasteiger partial charge on any atom is 0.225 e. The maximum atomic E-state index is 4.50. The number of nitrogens with zero attached hydrogens (tertiary/aromatic N) is 4. The Morgan fingerprint density at radius 1 is 1.26 bits per heavy atom. The van der Waals surface area contributed by atoms with Crippen molar-refractivity contribution in [3.05, 3.63) is 18.0 Å². The highest BCUT2D eigenvalue weighted by atomic mass is 79.9. The summed E-state index contributed by atoms with van der Waals surface area (Å²) in [5, 5.41) is 0.822. The number of hydrogen-bond acceptors (Lipinski definition) is 4. The van der Waals surface area contributed by atoms with Crippen molar-refractivity contribution < 1.29 is 0 Å². The van der Waals surface area contributed by atoms with E-state index in [-0.39, 0.29) is 0 Å². The topological polar surface area (TPSA) is 32.3 Å². The van der Waals surface area contributed by atoms with Crippen molar-refractivity contribution in [2.45, 2.75) is 30.6 Å². The number of piperidine rings is 2. The van der Waals surface area contributed by atoms with Crippen LogP contribution in [0, 0.1) is 5.92 Å². The smallest absolute Gasteiger partial charge is 0.225 e. The van der Waals surface area contributed by atoms with Crippen molar-refractivity contribution in [2.75, 3.05) is 31.6 Å². The van der Waals surface area contributed by atoms with Gasteiger partial charge in [0, 0.05) is 36.9 Å². The molecule has 2 aliphatic rings. The molecule has 2 aliphatic heterocycles. The molecule has 104 valence electrons. The molecule has 2 unspecified atom stereocenters. The number of fused-ring (bicyclic) bond motifs is 1. The number of rotatable bonds is 2. The van der Waals surface area contributed by atoms with Gasteiger partial charge in [0.15, 0.2) is 0 Å². The van der Waals surface area contributed by atoms with E-state index >= 15 is 0 Å². The number of anilines is 1. The summed E-state index contributed by atoms with van der Waals surface area (Å²) in [6.45, 7) is 3.46. The zero-order chi connectivity index (χ0) is 13.2. The van der Waals surface area contributed by atoms with Crippen molar-refractivity contribution in [3.63, 3.8) is 0 Å². The van der Waals surface area contributed by atoms with Crippen molar-refractivity contribution in [1.82, 2.24) is 14.9 Å². The lowest BCUT2D eigenvalue weighted by Crippen LogP contribution is -2.53. The molecule has 0 spiro atoms. The van der Waals surface area contributed by atoms with Gasteiger partial charge in [0.25, 0.3) is 0 Å². The van der Waals surface area contributed by atoms with Gasteiger partial charge in [-0.3, -0.25) is 0 Å². The molecule has 1 aromatic rings. The first kappa shape index (κ1) is 13.3. The second kappa shape index (κ2) is 5.75. The molecule has 5 heteroatoms. The molecule has 3 heterocycles. The molecule has 2 fully saturated rings. The fraction of sp³-hybridized carbons (Fsp3) is 0.714. The van der Waals surface area contributed by atoms with Gasteiger partial charge < -0.3 is 9.80 Å². The van der Waals surface area contributed by atoms with Crippen LogP contribution in [0.3, 0.4) is 0 Å². The zero-order valence-corrected chi connectivity index (χ0v) is 13.0. The Bertz CT molecular complexity index is 422. The third kappa shape index (κ3) is 2.77. The molecule has 0 saturated carbocycles. The first-order valence-corrected chi connectivity index (χ1v) is 8.22. The van der Waals surface area contributed by atoms with E-state index in [1.807, 2.05) is 12.4 Å². The third-order valence-corrected chi connectivity index (χ3v) is 5.12. The van der Waals surface area contributed by atoms with Gasteiger partial charge in [0.2, 0.25) is 5.95 Å². The van der Waals surface area contributed by atoms with E-state index in [2.05, 4.69) is 42.7 Å². The van der Waals surface area contributed by atoms with Crippen LogP contribution in [0.4, 0.5) is 5.95 Å². The Morgan fingerprint density at radius 2 is 2.05 bits per heavy atom. The highest BCUT2D eigenvalue weighted by molar-refractivity contribution is 9.08. The predicted octanol–water partition coefficient (Wildman–Crippen LogP) is 2.29. The van der Waals surface area contributed by atoms with E-state index in [9.17, 15) is 0 Å². The third-order valence-electron chi connectivity index (χ3n) is 4.47. The summed E-state index contributed by atoms with van der Waals surface area (Å²) < 4.78 is 0. The Hall–Kier alpha value is -0.680. The van der Waals surface area contributed by atoms with Crippen molar-refractivity contribution in [2.24, 2.45) is 5.92 Å². The maximum absolute atomic E-state index is 4.50. The molecule has 2 atom stereocenters. The van der Waals surface area contributed by atoms with Crippen LogP contribution < -0.4 is 4.90 Å². The summed E-state index contributed by atoms with van der Waals surface area (Å²) >= 11 is 3.43. The number of likely N-dealkylation sites (tertiary alicyclic amines) is 1. The van der Waals surface area contributed by atoms with Crippen molar-refractivity contribution in [1.29, 1.82) is 0 Å². The lowest BCUT2D eigenvalue weighted by molar-refractivity contribution is 0.102. The summed E-state index contributed by atoms with van der Waals surface area (Å²) in [7, 11) is 2.27. The number of alkyl halides is 1. The normalized spacial score (nSPS) is 28.2. The van der Waals surface area contributed by atoms with Gasteiger partial charge in [-0.2, -0.15) is 0 Å².